The van der Waals surface area contributed by atoms with Crippen LogP contribution >= 0.6 is 11.3 Å². The van der Waals surface area contributed by atoms with Gasteiger partial charge in [0.2, 0.25) is 0 Å². The molecule has 0 N–H and O–H groups in total. The van der Waals surface area contributed by atoms with E-state index >= 15 is 0 Å². The topological polar surface area (TPSA) is 37.4 Å². The summed E-state index contributed by atoms with van der Waals surface area (Å²) in [5.41, 5.74) is 0. The molecule has 1 aromatic carbocycles. The third kappa shape index (κ3) is 1.86. The van der Waals surface area contributed by atoms with Gasteiger partial charge in [-0.2, -0.15) is 0 Å². The second-order valence-electron chi connectivity index (χ2n) is 3.52. The summed E-state index contributed by atoms with van der Waals surface area (Å²) in [4.78, 5) is 0. The van der Waals surface area contributed by atoms with Gasteiger partial charge in [-0.15, -0.1) is 11.3 Å². The fraction of sp³-hybridized carbons (Fsp3) is 0.273. The molecule has 2 rings (SSSR count). The van der Waals surface area contributed by atoms with Crippen molar-refractivity contribution in [2.45, 2.75) is 11.1 Å². The molecule has 0 amide bonds. The highest BCUT2D eigenvalue weighted by Crippen LogP contribution is 2.30. The molecule has 0 fully saturated rings. The Labute approximate surface area is 99.4 Å². The zero-order valence-electron chi connectivity index (χ0n) is 9.17. The molecule has 1 aromatic heterocycles. The Kier molecular flexibility index (Phi) is 3.01. The second-order valence-corrected chi connectivity index (χ2v) is 6.88. The van der Waals surface area contributed by atoms with Crippen LogP contribution in [0.15, 0.2) is 34.5 Å². The third-order valence-electron chi connectivity index (χ3n) is 2.51. The number of hydrogen-bond donors (Lipinski definition) is 0. The zero-order valence-corrected chi connectivity index (χ0v) is 10.8. The average molecular weight is 255 g/mol. The van der Waals surface area contributed by atoms with Gasteiger partial charge in [-0.05, 0) is 17.5 Å². The SMILES string of the molecule is CCN(C)S(=O)(=O)c1cc2ccccc2s1. The summed E-state index contributed by atoms with van der Waals surface area (Å²) in [7, 11) is -1.70. The molecular weight excluding hydrogens is 242 g/mol. The summed E-state index contributed by atoms with van der Waals surface area (Å²) in [6, 6.07) is 9.43. The van der Waals surface area contributed by atoms with Gasteiger partial charge < -0.3 is 0 Å². The van der Waals surface area contributed by atoms with Crippen molar-refractivity contribution in [2.24, 2.45) is 0 Å². The zero-order chi connectivity index (χ0) is 11.8. The predicted octanol–water partition coefficient (Wildman–Crippen LogP) is 2.54. The van der Waals surface area contributed by atoms with E-state index in [0.717, 1.165) is 10.1 Å². The Morgan fingerprint density at radius 1 is 1.31 bits per heavy atom. The molecule has 3 nitrogen and oxygen atoms in total. The van der Waals surface area contributed by atoms with Gasteiger partial charge in [-0.25, -0.2) is 12.7 Å². The van der Waals surface area contributed by atoms with Crippen molar-refractivity contribution in [2.75, 3.05) is 13.6 Å². The van der Waals surface area contributed by atoms with Gasteiger partial charge in [0.25, 0.3) is 10.0 Å². The Balaban J connectivity index is 2.56. The minimum absolute atomic E-state index is 0.415. The highest BCUT2D eigenvalue weighted by atomic mass is 32.2. The van der Waals surface area contributed by atoms with Crippen molar-refractivity contribution in [3.05, 3.63) is 30.3 Å². The number of benzene rings is 1. The van der Waals surface area contributed by atoms with Crippen molar-refractivity contribution < 1.29 is 8.42 Å². The molecule has 0 saturated heterocycles. The molecule has 0 bridgehead atoms. The monoisotopic (exact) mass is 255 g/mol. The van der Waals surface area contributed by atoms with E-state index in [1.54, 1.807) is 13.1 Å². The van der Waals surface area contributed by atoms with Crippen LogP contribution in [0.4, 0.5) is 0 Å². The number of thiophene rings is 1. The maximum absolute atomic E-state index is 12.1. The lowest BCUT2D eigenvalue weighted by atomic mass is 10.3. The molecule has 0 aliphatic carbocycles. The van der Waals surface area contributed by atoms with Gasteiger partial charge in [-0.1, -0.05) is 25.1 Å². The van der Waals surface area contributed by atoms with Crippen LogP contribution in [-0.2, 0) is 10.0 Å². The van der Waals surface area contributed by atoms with Crippen LogP contribution in [0.2, 0.25) is 0 Å². The molecule has 0 saturated carbocycles. The van der Waals surface area contributed by atoms with Crippen LogP contribution in [0.3, 0.4) is 0 Å². The van der Waals surface area contributed by atoms with Crippen LogP contribution in [0, 0.1) is 0 Å². The number of nitrogens with zero attached hydrogens (tertiary/aromatic N) is 1. The number of fused-ring (bicyclic) bond motifs is 1. The fourth-order valence-electron chi connectivity index (χ4n) is 1.41. The predicted molar refractivity (Wildman–Crippen MR) is 67.3 cm³/mol. The normalized spacial score (nSPS) is 12.4. The second kappa shape index (κ2) is 4.16. The lowest BCUT2D eigenvalue weighted by molar-refractivity contribution is 0.488. The maximum Gasteiger partial charge on any atom is 0.252 e. The van der Waals surface area contributed by atoms with E-state index in [1.165, 1.54) is 15.6 Å². The molecule has 5 heteroatoms. The lowest BCUT2D eigenvalue weighted by Crippen LogP contribution is -2.25. The van der Waals surface area contributed by atoms with Crippen LogP contribution in [-0.4, -0.2) is 26.3 Å². The Hall–Kier alpha value is -0.910. The molecule has 86 valence electrons. The van der Waals surface area contributed by atoms with Gasteiger partial charge in [-0.3, -0.25) is 0 Å². The largest absolute Gasteiger partial charge is 0.252 e. The highest BCUT2D eigenvalue weighted by Gasteiger charge is 2.21. The smallest absolute Gasteiger partial charge is 0.206 e. The summed E-state index contributed by atoms with van der Waals surface area (Å²) in [6.07, 6.45) is 0. The minimum atomic E-state index is -3.30. The van der Waals surface area contributed by atoms with Crippen LogP contribution < -0.4 is 0 Å². The molecular formula is C11H13NO2S2. The number of hydrogen-bond acceptors (Lipinski definition) is 3. The van der Waals surface area contributed by atoms with E-state index in [0.29, 0.717) is 10.8 Å². The summed E-state index contributed by atoms with van der Waals surface area (Å²) < 4.78 is 26.9. The fourth-order valence-corrected chi connectivity index (χ4v) is 4.20. The maximum atomic E-state index is 12.1. The molecule has 0 radical (unpaired) electrons. The first-order valence-electron chi connectivity index (χ1n) is 5.00. The van der Waals surface area contributed by atoms with Crippen LogP contribution in [0.1, 0.15) is 6.92 Å². The van der Waals surface area contributed by atoms with Gasteiger partial charge in [0.1, 0.15) is 4.21 Å². The summed E-state index contributed by atoms with van der Waals surface area (Å²) >= 11 is 1.32. The van der Waals surface area contributed by atoms with Crippen molar-refractivity contribution in [1.29, 1.82) is 0 Å². The lowest BCUT2D eigenvalue weighted by Gasteiger charge is -2.12. The molecule has 0 aliphatic heterocycles. The van der Waals surface area contributed by atoms with Crippen molar-refractivity contribution in [3.63, 3.8) is 0 Å². The Bertz CT molecular complexity index is 568. The van der Waals surface area contributed by atoms with Crippen LogP contribution in [0.25, 0.3) is 10.1 Å². The van der Waals surface area contributed by atoms with Crippen molar-refractivity contribution in [3.8, 4) is 0 Å². The molecule has 0 aliphatic rings. The Morgan fingerprint density at radius 2 is 2.00 bits per heavy atom. The quantitative estimate of drug-likeness (QED) is 0.845. The van der Waals surface area contributed by atoms with E-state index in [9.17, 15) is 8.42 Å². The number of sulfonamides is 1. The first kappa shape index (κ1) is 11.6. The summed E-state index contributed by atoms with van der Waals surface area (Å²) in [6.45, 7) is 2.31. The van der Waals surface area contributed by atoms with E-state index in [4.69, 9.17) is 0 Å². The summed E-state index contributed by atoms with van der Waals surface area (Å²) in [5, 5.41) is 0.982. The highest BCUT2D eigenvalue weighted by molar-refractivity contribution is 7.91. The average Bonchev–Trinajstić information content (AvgIpc) is 2.72. The van der Waals surface area contributed by atoms with Crippen molar-refractivity contribution in [1.82, 2.24) is 4.31 Å². The van der Waals surface area contributed by atoms with Gasteiger partial charge in [0.05, 0.1) is 0 Å². The molecule has 0 unspecified atom stereocenters. The molecule has 1 heterocycles. The van der Waals surface area contributed by atoms with E-state index in [1.807, 2.05) is 31.2 Å². The van der Waals surface area contributed by atoms with E-state index in [2.05, 4.69) is 0 Å². The summed E-state index contributed by atoms with van der Waals surface area (Å²) in [5.74, 6) is 0. The molecule has 0 spiro atoms. The minimum Gasteiger partial charge on any atom is -0.206 e. The standard InChI is InChI=1S/C11H13NO2S2/c1-3-12(2)16(13,14)11-8-9-6-4-5-7-10(9)15-11/h4-8H,3H2,1-2H3. The van der Waals surface area contributed by atoms with Crippen LogP contribution in [0.5, 0.6) is 0 Å². The van der Waals surface area contributed by atoms with Gasteiger partial charge in [0.15, 0.2) is 0 Å². The molecule has 2 aromatic rings. The first-order valence-corrected chi connectivity index (χ1v) is 7.26. The molecule has 0 atom stereocenters. The van der Waals surface area contributed by atoms with Gasteiger partial charge >= 0.3 is 0 Å². The van der Waals surface area contributed by atoms with E-state index < -0.39 is 10.0 Å². The van der Waals surface area contributed by atoms with E-state index in [-0.39, 0.29) is 0 Å². The first-order chi connectivity index (χ1) is 7.55. The number of rotatable bonds is 3. The third-order valence-corrected chi connectivity index (χ3v) is 6.01. The molecule has 16 heavy (non-hydrogen) atoms. The van der Waals surface area contributed by atoms with Gasteiger partial charge in [0, 0.05) is 18.3 Å². The Morgan fingerprint density at radius 3 is 2.62 bits per heavy atom. The van der Waals surface area contributed by atoms with Crippen molar-refractivity contribution >= 4 is 31.4 Å².